The molecule has 1 aromatic rings. The first-order valence-electron chi connectivity index (χ1n) is 4.95. The second kappa shape index (κ2) is 6.23. The van der Waals surface area contributed by atoms with Crippen LogP contribution in [0.5, 0.6) is 0 Å². The van der Waals surface area contributed by atoms with Gasteiger partial charge in [0.05, 0.1) is 23.2 Å². The Morgan fingerprint density at radius 1 is 1.62 bits per heavy atom. The number of hydrogen-bond acceptors (Lipinski definition) is 2. The predicted octanol–water partition coefficient (Wildman–Crippen LogP) is 2.60. The molecule has 88 valence electrons. The summed E-state index contributed by atoms with van der Waals surface area (Å²) in [5.41, 5.74) is 0.406. The van der Waals surface area contributed by atoms with Gasteiger partial charge < -0.3 is 10.4 Å². The lowest BCUT2D eigenvalue weighted by atomic mass is 10.2. The van der Waals surface area contributed by atoms with E-state index in [1.165, 1.54) is 0 Å². The van der Waals surface area contributed by atoms with Crippen molar-refractivity contribution in [2.24, 2.45) is 0 Å². The molecule has 5 heteroatoms. The van der Waals surface area contributed by atoms with E-state index in [9.17, 15) is 4.79 Å². The maximum atomic E-state index is 11.8. The van der Waals surface area contributed by atoms with Gasteiger partial charge in [-0.05, 0) is 34.5 Å². The third kappa shape index (κ3) is 3.20. The van der Waals surface area contributed by atoms with Gasteiger partial charge >= 0.3 is 0 Å². The first-order chi connectivity index (χ1) is 7.60. The van der Waals surface area contributed by atoms with Gasteiger partial charge in [-0.3, -0.25) is 4.79 Å². The van der Waals surface area contributed by atoms with Gasteiger partial charge in [-0.15, -0.1) is 0 Å². The molecule has 0 aliphatic heterocycles. The van der Waals surface area contributed by atoms with E-state index in [4.69, 9.17) is 16.7 Å². The average molecular weight is 307 g/mol. The summed E-state index contributed by atoms with van der Waals surface area (Å²) in [4.78, 5) is 11.8. The molecule has 0 radical (unpaired) electrons. The van der Waals surface area contributed by atoms with Crippen LogP contribution in [0.2, 0.25) is 5.02 Å². The van der Waals surface area contributed by atoms with Crippen LogP contribution >= 0.6 is 27.5 Å². The Bertz CT molecular complexity index is 380. The van der Waals surface area contributed by atoms with Crippen LogP contribution < -0.4 is 5.32 Å². The smallest absolute Gasteiger partial charge is 0.253 e. The third-order valence-electron chi connectivity index (χ3n) is 2.24. The molecule has 0 spiro atoms. The number of benzene rings is 1. The van der Waals surface area contributed by atoms with Crippen LogP contribution in [0.4, 0.5) is 0 Å². The average Bonchev–Trinajstić information content (AvgIpc) is 2.29. The van der Waals surface area contributed by atoms with Crippen molar-refractivity contribution in [2.45, 2.75) is 19.4 Å². The quantitative estimate of drug-likeness (QED) is 0.898. The van der Waals surface area contributed by atoms with Crippen LogP contribution in [0.25, 0.3) is 0 Å². The topological polar surface area (TPSA) is 49.3 Å². The summed E-state index contributed by atoms with van der Waals surface area (Å²) in [6.45, 7) is 1.82. The molecule has 1 rings (SSSR count). The Hall–Kier alpha value is -0.580. The highest BCUT2D eigenvalue weighted by atomic mass is 79.9. The maximum Gasteiger partial charge on any atom is 0.253 e. The van der Waals surface area contributed by atoms with Gasteiger partial charge in [0.1, 0.15) is 0 Å². The molecular weight excluding hydrogens is 293 g/mol. The van der Waals surface area contributed by atoms with Gasteiger partial charge in [0.15, 0.2) is 0 Å². The summed E-state index contributed by atoms with van der Waals surface area (Å²) in [6.07, 6.45) is 0.674. The summed E-state index contributed by atoms with van der Waals surface area (Å²) >= 11 is 9.24. The van der Waals surface area contributed by atoms with Crippen LogP contribution in [0.1, 0.15) is 23.7 Å². The number of aliphatic hydroxyl groups excluding tert-OH is 1. The minimum absolute atomic E-state index is 0.0755. The number of amides is 1. The van der Waals surface area contributed by atoms with Crippen molar-refractivity contribution >= 4 is 33.4 Å². The van der Waals surface area contributed by atoms with Crippen LogP contribution in [-0.4, -0.2) is 23.7 Å². The molecule has 0 fully saturated rings. The lowest BCUT2D eigenvalue weighted by Gasteiger charge is -2.14. The van der Waals surface area contributed by atoms with Gasteiger partial charge in [0.2, 0.25) is 0 Å². The zero-order valence-electron chi connectivity index (χ0n) is 8.84. The number of carbonyl (C=O) groups excluding carboxylic acids is 1. The summed E-state index contributed by atoms with van der Waals surface area (Å²) < 4.78 is 0.680. The number of halogens is 2. The van der Waals surface area contributed by atoms with Crippen molar-refractivity contribution in [3.05, 3.63) is 33.3 Å². The number of hydrogen-bond donors (Lipinski definition) is 2. The Morgan fingerprint density at radius 3 is 2.88 bits per heavy atom. The van der Waals surface area contributed by atoms with E-state index in [1.807, 2.05) is 6.92 Å². The van der Waals surface area contributed by atoms with Crippen molar-refractivity contribution in [2.75, 3.05) is 6.61 Å². The fraction of sp³-hybridized carbons (Fsp3) is 0.364. The number of aliphatic hydroxyl groups is 1. The van der Waals surface area contributed by atoms with E-state index < -0.39 is 0 Å². The minimum atomic E-state index is -0.271. The molecule has 3 nitrogen and oxygen atoms in total. The largest absolute Gasteiger partial charge is 0.394 e. The van der Waals surface area contributed by atoms with Crippen molar-refractivity contribution in [3.8, 4) is 0 Å². The van der Waals surface area contributed by atoms with Crippen molar-refractivity contribution in [1.29, 1.82) is 0 Å². The Morgan fingerprint density at radius 2 is 2.31 bits per heavy atom. The second-order valence-electron chi connectivity index (χ2n) is 3.36. The highest BCUT2D eigenvalue weighted by molar-refractivity contribution is 9.10. The molecule has 2 N–H and O–H groups in total. The monoisotopic (exact) mass is 305 g/mol. The van der Waals surface area contributed by atoms with E-state index in [2.05, 4.69) is 21.2 Å². The normalized spacial score (nSPS) is 12.2. The second-order valence-corrected chi connectivity index (χ2v) is 4.59. The van der Waals surface area contributed by atoms with Crippen LogP contribution in [0.3, 0.4) is 0 Å². The first kappa shape index (κ1) is 13.5. The Kier molecular flexibility index (Phi) is 5.25. The molecular formula is C11H13BrClNO2. The molecule has 0 bridgehead atoms. The van der Waals surface area contributed by atoms with E-state index >= 15 is 0 Å². The minimum Gasteiger partial charge on any atom is -0.394 e. The number of rotatable bonds is 4. The van der Waals surface area contributed by atoms with Gasteiger partial charge in [-0.1, -0.05) is 24.6 Å². The maximum absolute atomic E-state index is 11.8. The molecule has 1 atom stereocenters. The van der Waals surface area contributed by atoms with E-state index in [0.717, 1.165) is 0 Å². The van der Waals surface area contributed by atoms with Crippen LogP contribution in [0.15, 0.2) is 22.7 Å². The molecule has 0 aliphatic rings. The lowest BCUT2D eigenvalue weighted by Crippen LogP contribution is -2.37. The van der Waals surface area contributed by atoms with Gasteiger partial charge in [0, 0.05) is 4.47 Å². The molecule has 0 heterocycles. The fourth-order valence-corrected chi connectivity index (χ4v) is 1.80. The van der Waals surface area contributed by atoms with Crippen LogP contribution in [0, 0.1) is 0 Å². The SMILES string of the molecule is CC[C@@H](CO)NC(=O)c1cccc(Br)c1Cl. The molecule has 0 aromatic heterocycles. The van der Waals surface area contributed by atoms with Gasteiger partial charge in [-0.25, -0.2) is 0 Å². The standard InChI is InChI=1S/C11H13BrClNO2/c1-2-7(6-15)14-11(16)8-4-3-5-9(12)10(8)13/h3-5,7,15H,2,6H2,1H3,(H,14,16)/t7-/m0/s1. The Labute approximate surface area is 108 Å². The van der Waals surface area contributed by atoms with Crippen LogP contribution in [-0.2, 0) is 0 Å². The summed E-state index contributed by atoms with van der Waals surface area (Å²) in [5, 5.41) is 12.1. The zero-order chi connectivity index (χ0) is 12.1. The van der Waals surface area contributed by atoms with Gasteiger partial charge in [-0.2, -0.15) is 0 Å². The lowest BCUT2D eigenvalue weighted by molar-refractivity contribution is 0.0915. The van der Waals surface area contributed by atoms with Gasteiger partial charge in [0.25, 0.3) is 5.91 Å². The number of carbonyl (C=O) groups is 1. The first-order valence-corrected chi connectivity index (χ1v) is 6.13. The van der Waals surface area contributed by atoms with Crippen molar-refractivity contribution < 1.29 is 9.90 Å². The predicted molar refractivity (Wildman–Crippen MR) is 67.8 cm³/mol. The van der Waals surface area contributed by atoms with E-state index in [-0.39, 0.29) is 18.6 Å². The molecule has 0 aliphatic carbocycles. The Balaban J connectivity index is 2.84. The molecule has 1 aromatic carbocycles. The zero-order valence-corrected chi connectivity index (χ0v) is 11.2. The molecule has 0 saturated heterocycles. The molecule has 0 saturated carbocycles. The van der Waals surface area contributed by atoms with Crippen molar-refractivity contribution in [3.63, 3.8) is 0 Å². The van der Waals surface area contributed by atoms with E-state index in [1.54, 1.807) is 18.2 Å². The highest BCUT2D eigenvalue weighted by Gasteiger charge is 2.15. The number of nitrogens with one attached hydrogen (secondary N) is 1. The summed E-state index contributed by atoms with van der Waals surface area (Å²) in [7, 11) is 0. The fourth-order valence-electron chi connectivity index (χ4n) is 1.22. The molecule has 1 amide bonds. The van der Waals surface area contributed by atoms with Crippen molar-refractivity contribution in [1.82, 2.24) is 5.32 Å². The third-order valence-corrected chi connectivity index (χ3v) is 3.54. The summed E-state index contributed by atoms with van der Waals surface area (Å²) in [5.74, 6) is -0.271. The van der Waals surface area contributed by atoms with E-state index in [0.29, 0.717) is 21.5 Å². The highest BCUT2D eigenvalue weighted by Crippen LogP contribution is 2.25. The molecule has 16 heavy (non-hydrogen) atoms. The molecule has 0 unspecified atom stereocenters. The summed E-state index contributed by atoms with van der Waals surface area (Å²) in [6, 6.07) is 4.92.